The molecule has 0 fully saturated rings. The number of carbonyl (C=O) groups is 3. The molecule has 0 saturated heterocycles. The van der Waals surface area contributed by atoms with E-state index < -0.39 is 24.5 Å². The van der Waals surface area contributed by atoms with Gasteiger partial charge in [0.15, 0.2) is 11.8 Å². The summed E-state index contributed by atoms with van der Waals surface area (Å²) in [6.07, 6.45) is 0.783. The number of para-hydroxylation sites is 1. The van der Waals surface area contributed by atoms with Crippen LogP contribution >= 0.6 is 11.8 Å². The third-order valence-corrected chi connectivity index (χ3v) is 4.65. The molecular formula is C18H22N4O5S. The van der Waals surface area contributed by atoms with Gasteiger partial charge >= 0.3 is 12.0 Å². The van der Waals surface area contributed by atoms with Crippen LogP contribution in [-0.2, 0) is 20.9 Å². The standard InChI is InChI=1S/C18H22N4O5S/c1-11(2)7-8-22-16(25)12-5-3-4-6-13(12)20-18(22)28-10-15(24)27-9-14(23)21-17(19)26/h3-6,11H,7-10H2,1-2H3,(H3,19,21,23,26). The van der Waals surface area contributed by atoms with Gasteiger partial charge in [0.1, 0.15) is 0 Å². The number of hydrogen-bond acceptors (Lipinski definition) is 7. The van der Waals surface area contributed by atoms with Crippen molar-refractivity contribution in [2.24, 2.45) is 11.7 Å². The van der Waals surface area contributed by atoms with Gasteiger partial charge in [-0.1, -0.05) is 37.7 Å². The molecule has 3 N–H and O–H groups in total. The second kappa shape index (κ2) is 9.88. The molecule has 1 aromatic carbocycles. The predicted molar refractivity (Wildman–Crippen MR) is 105 cm³/mol. The number of carbonyl (C=O) groups excluding carboxylic acids is 3. The molecule has 10 heteroatoms. The van der Waals surface area contributed by atoms with Crippen molar-refractivity contribution in [2.45, 2.75) is 32.0 Å². The average Bonchev–Trinajstić information content (AvgIpc) is 2.63. The summed E-state index contributed by atoms with van der Waals surface area (Å²) in [4.78, 5) is 51.0. The number of nitrogens with zero attached hydrogens (tertiary/aromatic N) is 2. The molecule has 0 aliphatic rings. The number of nitrogens with one attached hydrogen (secondary N) is 1. The van der Waals surface area contributed by atoms with Crippen LogP contribution in [0.15, 0.2) is 34.2 Å². The molecule has 150 valence electrons. The number of primary amides is 1. The van der Waals surface area contributed by atoms with Crippen molar-refractivity contribution in [1.82, 2.24) is 14.9 Å². The van der Waals surface area contributed by atoms with E-state index in [0.717, 1.165) is 18.2 Å². The SMILES string of the molecule is CC(C)CCn1c(SCC(=O)OCC(=O)NC(N)=O)nc2ccccc2c1=O. The van der Waals surface area contributed by atoms with E-state index in [1.165, 1.54) is 0 Å². The number of hydrogen-bond donors (Lipinski definition) is 2. The fourth-order valence-corrected chi connectivity index (χ4v) is 3.15. The molecule has 0 radical (unpaired) electrons. The number of thioether (sulfide) groups is 1. The summed E-state index contributed by atoms with van der Waals surface area (Å²) >= 11 is 1.06. The largest absolute Gasteiger partial charge is 0.455 e. The molecule has 0 bridgehead atoms. The molecular weight excluding hydrogens is 384 g/mol. The van der Waals surface area contributed by atoms with E-state index in [2.05, 4.69) is 18.8 Å². The second-order valence-electron chi connectivity index (χ2n) is 6.41. The van der Waals surface area contributed by atoms with E-state index in [0.29, 0.717) is 28.5 Å². The molecule has 0 aliphatic carbocycles. The van der Waals surface area contributed by atoms with Crippen molar-refractivity contribution < 1.29 is 19.1 Å². The minimum absolute atomic E-state index is 0.143. The lowest BCUT2D eigenvalue weighted by Crippen LogP contribution is -2.37. The van der Waals surface area contributed by atoms with Crippen molar-refractivity contribution in [3.63, 3.8) is 0 Å². The van der Waals surface area contributed by atoms with Crippen LogP contribution in [0.25, 0.3) is 10.9 Å². The smallest absolute Gasteiger partial charge is 0.318 e. The van der Waals surface area contributed by atoms with Crippen LogP contribution < -0.4 is 16.6 Å². The minimum Gasteiger partial charge on any atom is -0.455 e. The maximum atomic E-state index is 12.8. The third-order valence-electron chi connectivity index (χ3n) is 3.70. The average molecular weight is 406 g/mol. The Morgan fingerprint density at radius 2 is 2.00 bits per heavy atom. The molecule has 2 aromatic rings. The first-order valence-electron chi connectivity index (χ1n) is 8.65. The van der Waals surface area contributed by atoms with E-state index in [1.807, 2.05) is 0 Å². The molecule has 3 amide bonds. The normalized spacial score (nSPS) is 10.8. The number of aromatic nitrogens is 2. The molecule has 1 heterocycles. The van der Waals surface area contributed by atoms with Crippen molar-refractivity contribution in [3.8, 4) is 0 Å². The van der Waals surface area contributed by atoms with Gasteiger partial charge in [-0.2, -0.15) is 0 Å². The van der Waals surface area contributed by atoms with Gasteiger partial charge in [-0.25, -0.2) is 9.78 Å². The first kappa shape index (κ1) is 21.4. The lowest BCUT2D eigenvalue weighted by Gasteiger charge is -2.14. The Labute approximate surface area is 165 Å². The first-order chi connectivity index (χ1) is 13.3. The van der Waals surface area contributed by atoms with Crippen molar-refractivity contribution in [2.75, 3.05) is 12.4 Å². The summed E-state index contributed by atoms with van der Waals surface area (Å²) in [6.45, 7) is 3.97. The zero-order valence-electron chi connectivity index (χ0n) is 15.6. The molecule has 0 saturated carbocycles. The molecule has 9 nitrogen and oxygen atoms in total. The highest BCUT2D eigenvalue weighted by Crippen LogP contribution is 2.19. The predicted octanol–water partition coefficient (Wildman–Crippen LogP) is 1.27. The number of amides is 3. The van der Waals surface area contributed by atoms with Gasteiger partial charge < -0.3 is 10.5 Å². The number of imide groups is 1. The zero-order chi connectivity index (χ0) is 20.7. The number of fused-ring (bicyclic) bond motifs is 1. The fourth-order valence-electron chi connectivity index (χ4n) is 2.33. The Balaban J connectivity index is 2.12. The van der Waals surface area contributed by atoms with Crippen LogP contribution in [0.5, 0.6) is 0 Å². The molecule has 1 aromatic heterocycles. The Bertz CT molecular complexity index is 941. The van der Waals surface area contributed by atoms with Crippen LogP contribution in [0, 0.1) is 5.92 Å². The Morgan fingerprint density at radius 3 is 2.68 bits per heavy atom. The fraction of sp³-hybridized carbons (Fsp3) is 0.389. The summed E-state index contributed by atoms with van der Waals surface area (Å²) < 4.78 is 6.34. The van der Waals surface area contributed by atoms with Crippen LogP contribution in [0.3, 0.4) is 0 Å². The number of rotatable bonds is 8. The summed E-state index contributed by atoms with van der Waals surface area (Å²) in [7, 11) is 0. The highest BCUT2D eigenvalue weighted by molar-refractivity contribution is 7.99. The lowest BCUT2D eigenvalue weighted by atomic mass is 10.1. The van der Waals surface area contributed by atoms with Gasteiger partial charge in [0.05, 0.1) is 16.7 Å². The first-order valence-corrected chi connectivity index (χ1v) is 9.63. The van der Waals surface area contributed by atoms with Crippen LogP contribution in [0.1, 0.15) is 20.3 Å². The summed E-state index contributed by atoms with van der Waals surface area (Å²) in [5.74, 6) is -1.24. The van der Waals surface area contributed by atoms with Gasteiger partial charge in [0.25, 0.3) is 11.5 Å². The number of esters is 1. The van der Waals surface area contributed by atoms with Gasteiger partial charge in [-0.05, 0) is 24.5 Å². The van der Waals surface area contributed by atoms with E-state index in [1.54, 1.807) is 34.1 Å². The number of ether oxygens (including phenoxy) is 1. The monoisotopic (exact) mass is 406 g/mol. The van der Waals surface area contributed by atoms with Gasteiger partial charge in [0, 0.05) is 6.54 Å². The highest BCUT2D eigenvalue weighted by Gasteiger charge is 2.15. The van der Waals surface area contributed by atoms with Gasteiger partial charge in [0.2, 0.25) is 0 Å². The maximum Gasteiger partial charge on any atom is 0.318 e. The van der Waals surface area contributed by atoms with Crippen LogP contribution in [0.2, 0.25) is 0 Å². The van der Waals surface area contributed by atoms with Gasteiger partial charge in [-0.3, -0.25) is 24.3 Å². The summed E-state index contributed by atoms with van der Waals surface area (Å²) in [5.41, 5.74) is 5.19. The number of urea groups is 1. The summed E-state index contributed by atoms with van der Waals surface area (Å²) in [5, 5.41) is 2.71. The van der Waals surface area contributed by atoms with Crippen molar-refractivity contribution in [3.05, 3.63) is 34.6 Å². The highest BCUT2D eigenvalue weighted by atomic mass is 32.2. The summed E-state index contributed by atoms with van der Waals surface area (Å²) in [6, 6.07) is 5.99. The maximum absolute atomic E-state index is 12.8. The molecule has 28 heavy (non-hydrogen) atoms. The Morgan fingerprint density at radius 1 is 1.29 bits per heavy atom. The number of nitrogens with two attached hydrogens (primary N) is 1. The minimum atomic E-state index is -1.02. The van der Waals surface area contributed by atoms with Crippen molar-refractivity contribution in [1.29, 1.82) is 0 Å². The zero-order valence-corrected chi connectivity index (χ0v) is 16.5. The van der Waals surface area contributed by atoms with E-state index in [-0.39, 0.29) is 11.3 Å². The lowest BCUT2D eigenvalue weighted by molar-refractivity contribution is -0.145. The Hall–Kier alpha value is -2.88. The molecule has 2 rings (SSSR count). The van der Waals surface area contributed by atoms with Crippen LogP contribution in [-0.4, -0.2) is 39.8 Å². The van der Waals surface area contributed by atoms with Crippen molar-refractivity contribution >= 4 is 40.6 Å². The molecule has 0 aliphatic heterocycles. The molecule has 0 atom stereocenters. The van der Waals surface area contributed by atoms with E-state index >= 15 is 0 Å². The third kappa shape index (κ3) is 6.08. The van der Waals surface area contributed by atoms with E-state index in [4.69, 9.17) is 10.5 Å². The van der Waals surface area contributed by atoms with Crippen LogP contribution in [0.4, 0.5) is 4.79 Å². The quantitative estimate of drug-likeness (QED) is 0.383. The molecule has 0 unspecified atom stereocenters. The topological polar surface area (TPSA) is 133 Å². The van der Waals surface area contributed by atoms with E-state index in [9.17, 15) is 19.2 Å². The number of benzene rings is 1. The second-order valence-corrected chi connectivity index (χ2v) is 7.36. The Kier molecular flexibility index (Phi) is 7.56. The molecule has 0 spiro atoms. The van der Waals surface area contributed by atoms with Gasteiger partial charge in [-0.15, -0.1) is 0 Å².